The van der Waals surface area contributed by atoms with Crippen LogP contribution in [0.1, 0.15) is 37.4 Å². The van der Waals surface area contributed by atoms with Gasteiger partial charge in [0.15, 0.2) is 11.5 Å². The summed E-state index contributed by atoms with van der Waals surface area (Å²) in [6, 6.07) is 11.4. The first kappa shape index (κ1) is 19.0. The summed E-state index contributed by atoms with van der Waals surface area (Å²) in [7, 11) is 0. The molecule has 0 aromatic heterocycles. The van der Waals surface area contributed by atoms with E-state index >= 15 is 0 Å². The molecule has 1 aliphatic heterocycles. The maximum absolute atomic E-state index is 13.0. The number of amides is 2. The molecule has 2 aromatic rings. The molecule has 144 valence electrons. The molecule has 0 aliphatic carbocycles. The Morgan fingerprint density at radius 3 is 2.48 bits per heavy atom. The summed E-state index contributed by atoms with van der Waals surface area (Å²) in [5, 5.41) is 5.83. The predicted octanol–water partition coefficient (Wildman–Crippen LogP) is 4.18. The summed E-state index contributed by atoms with van der Waals surface area (Å²) in [5.74, 6) is 1.34. The topological polar surface area (TPSA) is 59.6 Å². The number of hydrogen-bond donors (Lipinski definition) is 2. The molecule has 1 heterocycles. The van der Waals surface area contributed by atoms with E-state index in [2.05, 4.69) is 10.6 Å². The second-order valence-electron chi connectivity index (χ2n) is 6.93. The van der Waals surface area contributed by atoms with Crippen molar-refractivity contribution in [2.75, 3.05) is 13.2 Å². The van der Waals surface area contributed by atoms with Crippen molar-refractivity contribution < 1.29 is 18.7 Å². The Bertz CT molecular complexity index is 777. The highest BCUT2D eigenvalue weighted by Gasteiger charge is 2.21. The van der Waals surface area contributed by atoms with E-state index in [9.17, 15) is 9.18 Å². The Labute approximate surface area is 158 Å². The van der Waals surface area contributed by atoms with Crippen LogP contribution in [-0.4, -0.2) is 19.2 Å². The molecular weight excluding hydrogens is 347 g/mol. The average Bonchev–Trinajstić information content (AvgIpc) is 2.90. The van der Waals surface area contributed by atoms with E-state index in [1.165, 1.54) is 12.1 Å². The number of nitrogens with one attached hydrogen (secondary N) is 2. The number of fused-ring (bicyclic) bond motifs is 1. The number of carbonyl (C=O) groups is 1. The number of rotatable bonds is 5. The fourth-order valence-electron chi connectivity index (χ4n) is 2.99. The SMILES string of the molecule is CC(C)[C@@H](NC(=O)NCc1ccc(F)cc1)c1ccc2c(c1)OCCCO2. The van der Waals surface area contributed by atoms with Crippen LogP contribution in [0.25, 0.3) is 0 Å². The van der Waals surface area contributed by atoms with E-state index in [-0.39, 0.29) is 23.8 Å². The number of carbonyl (C=O) groups excluding carboxylic acids is 1. The van der Waals surface area contributed by atoms with Crippen LogP contribution in [0, 0.1) is 11.7 Å². The van der Waals surface area contributed by atoms with Gasteiger partial charge in [0.05, 0.1) is 19.3 Å². The van der Waals surface area contributed by atoms with Gasteiger partial charge < -0.3 is 20.1 Å². The third-order valence-corrected chi connectivity index (χ3v) is 4.45. The third-order valence-electron chi connectivity index (χ3n) is 4.45. The summed E-state index contributed by atoms with van der Waals surface area (Å²) in [4.78, 5) is 12.4. The first-order valence-corrected chi connectivity index (χ1v) is 9.21. The summed E-state index contributed by atoms with van der Waals surface area (Å²) in [6.07, 6.45) is 0.849. The van der Waals surface area contributed by atoms with E-state index in [0.29, 0.717) is 25.5 Å². The van der Waals surface area contributed by atoms with E-state index in [1.807, 2.05) is 32.0 Å². The molecule has 2 aromatic carbocycles. The minimum absolute atomic E-state index is 0.171. The predicted molar refractivity (Wildman–Crippen MR) is 101 cm³/mol. The smallest absolute Gasteiger partial charge is 0.315 e. The summed E-state index contributed by atoms with van der Waals surface area (Å²) in [6.45, 7) is 5.69. The van der Waals surface area contributed by atoms with Gasteiger partial charge in [0.2, 0.25) is 0 Å². The van der Waals surface area contributed by atoms with Gasteiger partial charge in [-0.1, -0.05) is 32.0 Å². The van der Waals surface area contributed by atoms with E-state index < -0.39 is 0 Å². The monoisotopic (exact) mass is 372 g/mol. The Kier molecular flexibility index (Phi) is 6.16. The van der Waals surface area contributed by atoms with Crippen molar-refractivity contribution in [1.29, 1.82) is 0 Å². The van der Waals surface area contributed by atoms with Crippen LogP contribution in [0.2, 0.25) is 0 Å². The van der Waals surface area contributed by atoms with Gasteiger partial charge in [0.1, 0.15) is 5.82 Å². The van der Waals surface area contributed by atoms with Crippen LogP contribution in [0.3, 0.4) is 0 Å². The van der Waals surface area contributed by atoms with Crippen molar-refractivity contribution >= 4 is 6.03 Å². The molecule has 2 amide bonds. The number of urea groups is 1. The summed E-state index contributed by atoms with van der Waals surface area (Å²) in [5.41, 5.74) is 1.80. The second-order valence-corrected chi connectivity index (χ2v) is 6.93. The summed E-state index contributed by atoms with van der Waals surface area (Å²) < 4.78 is 24.4. The number of hydrogen-bond acceptors (Lipinski definition) is 3. The Balaban J connectivity index is 1.65. The standard InChI is InChI=1S/C21H25FN2O3/c1-14(2)20(16-6-9-18-19(12-16)27-11-3-10-26-18)24-21(25)23-13-15-4-7-17(22)8-5-15/h4-9,12,14,20H,3,10-11,13H2,1-2H3,(H2,23,24,25)/t20-/m1/s1. The highest BCUT2D eigenvalue weighted by atomic mass is 19.1. The molecule has 0 spiro atoms. The minimum atomic E-state index is -0.294. The van der Waals surface area contributed by atoms with Crippen molar-refractivity contribution in [1.82, 2.24) is 10.6 Å². The molecule has 0 saturated carbocycles. The maximum atomic E-state index is 13.0. The van der Waals surface area contributed by atoms with E-state index in [0.717, 1.165) is 23.3 Å². The number of benzene rings is 2. The van der Waals surface area contributed by atoms with Gasteiger partial charge in [-0.2, -0.15) is 0 Å². The molecule has 0 fully saturated rings. The Morgan fingerprint density at radius 2 is 1.78 bits per heavy atom. The van der Waals surface area contributed by atoms with Gasteiger partial charge >= 0.3 is 6.03 Å². The maximum Gasteiger partial charge on any atom is 0.315 e. The van der Waals surface area contributed by atoms with Crippen LogP contribution >= 0.6 is 0 Å². The molecule has 0 unspecified atom stereocenters. The summed E-state index contributed by atoms with van der Waals surface area (Å²) >= 11 is 0. The Morgan fingerprint density at radius 1 is 1.07 bits per heavy atom. The molecule has 0 bridgehead atoms. The molecular formula is C21H25FN2O3. The van der Waals surface area contributed by atoms with Crippen molar-refractivity contribution in [3.8, 4) is 11.5 Å². The average molecular weight is 372 g/mol. The minimum Gasteiger partial charge on any atom is -0.490 e. The van der Waals surface area contributed by atoms with Gasteiger partial charge in [0.25, 0.3) is 0 Å². The Hall–Kier alpha value is -2.76. The van der Waals surface area contributed by atoms with Gasteiger partial charge in [-0.3, -0.25) is 0 Å². The normalized spacial score (nSPS) is 14.4. The highest BCUT2D eigenvalue weighted by Crippen LogP contribution is 2.34. The molecule has 6 heteroatoms. The number of ether oxygens (including phenoxy) is 2. The second kappa shape index (κ2) is 8.75. The zero-order valence-corrected chi connectivity index (χ0v) is 15.6. The van der Waals surface area contributed by atoms with Crippen LogP contribution in [0.5, 0.6) is 11.5 Å². The van der Waals surface area contributed by atoms with Gasteiger partial charge in [0, 0.05) is 13.0 Å². The first-order valence-electron chi connectivity index (χ1n) is 9.21. The lowest BCUT2D eigenvalue weighted by Gasteiger charge is -2.24. The van der Waals surface area contributed by atoms with Crippen LogP contribution in [0.4, 0.5) is 9.18 Å². The van der Waals surface area contributed by atoms with Crippen LogP contribution in [0.15, 0.2) is 42.5 Å². The molecule has 2 N–H and O–H groups in total. The van der Waals surface area contributed by atoms with Crippen LogP contribution < -0.4 is 20.1 Å². The third kappa shape index (κ3) is 5.12. The van der Waals surface area contributed by atoms with Gasteiger partial charge in [-0.25, -0.2) is 9.18 Å². The van der Waals surface area contributed by atoms with Crippen molar-refractivity contribution in [3.05, 3.63) is 59.4 Å². The van der Waals surface area contributed by atoms with Crippen LogP contribution in [-0.2, 0) is 6.54 Å². The fourth-order valence-corrected chi connectivity index (χ4v) is 2.99. The molecule has 1 atom stereocenters. The largest absolute Gasteiger partial charge is 0.490 e. The molecule has 5 nitrogen and oxygen atoms in total. The molecule has 0 saturated heterocycles. The molecule has 0 radical (unpaired) electrons. The highest BCUT2D eigenvalue weighted by molar-refractivity contribution is 5.74. The van der Waals surface area contributed by atoms with Crippen molar-refractivity contribution in [2.45, 2.75) is 32.9 Å². The van der Waals surface area contributed by atoms with Gasteiger partial charge in [-0.05, 0) is 41.3 Å². The quantitative estimate of drug-likeness (QED) is 0.828. The zero-order valence-electron chi connectivity index (χ0n) is 15.6. The molecule has 3 rings (SSSR count). The van der Waals surface area contributed by atoms with Gasteiger partial charge in [-0.15, -0.1) is 0 Å². The first-order chi connectivity index (χ1) is 13.0. The fraction of sp³-hybridized carbons (Fsp3) is 0.381. The van der Waals surface area contributed by atoms with E-state index in [1.54, 1.807) is 12.1 Å². The lowest BCUT2D eigenvalue weighted by Crippen LogP contribution is -2.39. The zero-order chi connectivity index (χ0) is 19.2. The number of halogens is 1. The van der Waals surface area contributed by atoms with E-state index in [4.69, 9.17) is 9.47 Å². The van der Waals surface area contributed by atoms with Crippen molar-refractivity contribution in [2.24, 2.45) is 5.92 Å². The van der Waals surface area contributed by atoms with Crippen molar-refractivity contribution in [3.63, 3.8) is 0 Å². The lowest BCUT2D eigenvalue weighted by atomic mass is 9.96. The lowest BCUT2D eigenvalue weighted by molar-refractivity contribution is 0.232. The molecule has 1 aliphatic rings. The molecule has 27 heavy (non-hydrogen) atoms.